The zero-order valence-electron chi connectivity index (χ0n) is 16.0. The fourth-order valence-corrected chi connectivity index (χ4v) is 3.37. The summed E-state index contributed by atoms with van der Waals surface area (Å²) in [5, 5.41) is 11.6. The third-order valence-corrected chi connectivity index (χ3v) is 5.23. The van der Waals surface area contributed by atoms with E-state index in [0.29, 0.717) is 18.3 Å². The second-order valence-electron chi connectivity index (χ2n) is 7.44. The van der Waals surface area contributed by atoms with Crippen molar-refractivity contribution in [1.82, 2.24) is 10.2 Å². The summed E-state index contributed by atoms with van der Waals surface area (Å²) in [6.07, 6.45) is 2.56. The van der Waals surface area contributed by atoms with Crippen LogP contribution < -0.4 is 10.2 Å². The van der Waals surface area contributed by atoms with Crippen LogP contribution in [-0.2, 0) is 6.54 Å². The second kappa shape index (κ2) is 7.82. The van der Waals surface area contributed by atoms with E-state index in [2.05, 4.69) is 58.5 Å². The van der Waals surface area contributed by atoms with E-state index < -0.39 is 0 Å². The van der Waals surface area contributed by atoms with Crippen LogP contribution in [0.3, 0.4) is 0 Å². The normalized spacial score (nSPS) is 15.1. The highest BCUT2D eigenvalue weighted by molar-refractivity contribution is 5.55. The molecule has 0 radical (unpaired) electrons. The van der Waals surface area contributed by atoms with Crippen LogP contribution >= 0.6 is 0 Å². The van der Waals surface area contributed by atoms with E-state index in [-0.39, 0.29) is 0 Å². The molecule has 27 heavy (non-hydrogen) atoms. The van der Waals surface area contributed by atoms with E-state index in [1.165, 1.54) is 24.1 Å². The van der Waals surface area contributed by atoms with Crippen molar-refractivity contribution in [3.05, 3.63) is 60.0 Å². The first kappa shape index (κ1) is 17.6. The maximum atomic E-state index is 5.77. The van der Waals surface area contributed by atoms with Crippen molar-refractivity contribution in [2.45, 2.75) is 33.2 Å². The smallest absolute Gasteiger partial charge is 0.247 e. The van der Waals surface area contributed by atoms with Gasteiger partial charge in [-0.05, 0) is 62.1 Å². The lowest BCUT2D eigenvalue weighted by atomic mass is 9.99. The molecule has 0 amide bonds. The number of nitrogens with zero attached hydrogens (tertiary/aromatic N) is 3. The van der Waals surface area contributed by atoms with Crippen molar-refractivity contribution in [3.8, 4) is 11.5 Å². The number of nitrogens with one attached hydrogen (secondary N) is 1. The maximum Gasteiger partial charge on any atom is 0.247 e. The Hall–Kier alpha value is -2.82. The summed E-state index contributed by atoms with van der Waals surface area (Å²) in [6, 6.07) is 16.7. The van der Waals surface area contributed by atoms with Gasteiger partial charge in [-0.2, -0.15) is 0 Å². The third kappa shape index (κ3) is 4.30. The van der Waals surface area contributed by atoms with Gasteiger partial charge >= 0.3 is 0 Å². The Morgan fingerprint density at radius 3 is 2.41 bits per heavy atom. The van der Waals surface area contributed by atoms with Crippen molar-refractivity contribution in [1.29, 1.82) is 0 Å². The lowest BCUT2D eigenvalue weighted by Crippen LogP contribution is -2.32. The summed E-state index contributed by atoms with van der Waals surface area (Å²) in [6.45, 7) is 7.21. The summed E-state index contributed by atoms with van der Waals surface area (Å²) in [5.41, 5.74) is 4.51. The van der Waals surface area contributed by atoms with Crippen molar-refractivity contribution in [2.75, 3.05) is 23.3 Å². The topological polar surface area (TPSA) is 54.2 Å². The minimum absolute atomic E-state index is 0.513. The zero-order valence-corrected chi connectivity index (χ0v) is 16.0. The van der Waals surface area contributed by atoms with Gasteiger partial charge in [0.15, 0.2) is 0 Å². The number of hydrogen-bond donors (Lipinski definition) is 1. The fraction of sp³-hybridized carbons (Fsp3) is 0.364. The van der Waals surface area contributed by atoms with Crippen LogP contribution in [-0.4, -0.2) is 23.3 Å². The van der Waals surface area contributed by atoms with E-state index in [1.807, 2.05) is 24.3 Å². The van der Waals surface area contributed by atoms with Gasteiger partial charge in [-0.3, -0.25) is 0 Å². The van der Waals surface area contributed by atoms with Crippen molar-refractivity contribution in [3.63, 3.8) is 0 Å². The molecule has 1 aromatic heterocycles. The number of anilines is 2. The Morgan fingerprint density at radius 2 is 1.70 bits per heavy atom. The van der Waals surface area contributed by atoms with Crippen LogP contribution in [0.5, 0.6) is 0 Å². The van der Waals surface area contributed by atoms with Gasteiger partial charge in [0.2, 0.25) is 11.8 Å². The van der Waals surface area contributed by atoms with E-state index in [4.69, 9.17) is 4.42 Å². The highest BCUT2D eigenvalue weighted by Gasteiger charge is 2.15. The molecule has 0 spiro atoms. The van der Waals surface area contributed by atoms with Gasteiger partial charge in [-0.25, -0.2) is 0 Å². The van der Waals surface area contributed by atoms with Gasteiger partial charge in [0.25, 0.3) is 0 Å². The molecule has 140 valence electrons. The third-order valence-electron chi connectivity index (χ3n) is 5.23. The fourth-order valence-electron chi connectivity index (χ4n) is 3.37. The molecular weight excluding hydrogens is 336 g/mol. The number of piperidine rings is 1. The highest BCUT2D eigenvalue weighted by Crippen LogP contribution is 2.24. The molecule has 4 rings (SSSR count). The SMILES string of the molecule is Cc1ccc(-c2nnc(CNc3ccc(N4CCC(C)CC4)cc3)o2)cc1. The number of hydrogen-bond acceptors (Lipinski definition) is 5. The number of benzene rings is 2. The molecule has 0 saturated carbocycles. The molecule has 1 saturated heterocycles. The van der Waals surface area contributed by atoms with Gasteiger partial charge in [0.05, 0.1) is 6.54 Å². The molecule has 0 aliphatic carbocycles. The van der Waals surface area contributed by atoms with Crippen LogP contribution in [0, 0.1) is 12.8 Å². The number of rotatable bonds is 5. The summed E-state index contributed by atoms with van der Waals surface area (Å²) >= 11 is 0. The van der Waals surface area contributed by atoms with Crippen LogP contribution in [0.25, 0.3) is 11.5 Å². The minimum atomic E-state index is 0.513. The predicted molar refractivity (Wildman–Crippen MR) is 109 cm³/mol. The van der Waals surface area contributed by atoms with Crippen molar-refractivity contribution < 1.29 is 4.42 Å². The lowest BCUT2D eigenvalue weighted by molar-refractivity contribution is 0.438. The van der Waals surface area contributed by atoms with Gasteiger partial charge in [0, 0.05) is 30.0 Å². The van der Waals surface area contributed by atoms with E-state index in [9.17, 15) is 0 Å². The first-order valence-electron chi connectivity index (χ1n) is 9.66. The first-order chi connectivity index (χ1) is 13.2. The lowest BCUT2D eigenvalue weighted by Gasteiger charge is -2.32. The largest absolute Gasteiger partial charge is 0.419 e. The molecule has 1 aliphatic rings. The summed E-state index contributed by atoms with van der Waals surface area (Å²) in [4.78, 5) is 2.47. The van der Waals surface area contributed by atoms with Crippen LogP contribution in [0.1, 0.15) is 31.2 Å². The van der Waals surface area contributed by atoms with E-state index in [0.717, 1.165) is 30.3 Å². The molecule has 1 aliphatic heterocycles. The summed E-state index contributed by atoms with van der Waals surface area (Å²) in [7, 11) is 0. The zero-order chi connectivity index (χ0) is 18.6. The highest BCUT2D eigenvalue weighted by atomic mass is 16.4. The molecule has 5 heteroatoms. The summed E-state index contributed by atoms with van der Waals surface area (Å²) < 4.78 is 5.77. The molecular formula is C22H26N4O. The number of aromatic nitrogens is 2. The van der Waals surface area contributed by atoms with Crippen LogP contribution in [0.2, 0.25) is 0 Å². The quantitative estimate of drug-likeness (QED) is 0.700. The second-order valence-corrected chi connectivity index (χ2v) is 7.44. The minimum Gasteiger partial charge on any atom is -0.419 e. The van der Waals surface area contributed by atoms with E-state index >= 15 is 0 Å². The predicted octanol–water partition coefficient (Wildman–Crippen LogP) is 4.89. The Labute approximate surface area is 160 Å². The Morgan fingerprint density at radius 1 is 1.00 bits per heavy atom. The molecule has 1 fully saturated rings. The van der Waals surface area contributed by atoms with Crippen molar-refractivity contribution in [2.24, 2.45) is 5.92 Å². The molecule has 2 aromatic carbocycles. The summed E-state index contributed by atoms with van der Waals surface area (Å²) in [5.74, 6) is 1.99. The van der Waals surface area contributed by atoms with Crippen LogP contribution in [0.4, 0.5) is 11.4 Å². The number of aryl methyl sites for hydroxylation is 1. The Balaban J connectivity index is 1.34. The maximum absolute atomic E-state index is 5.77. The molecule has 0 atom stereocenters. The first-order valence-corrected chi connectivity index (χ1v) is 9.66. The standard InChI is InChI=1S/C22H26N4O/c1-16-3-5-18(6-4-16)22-25-24-21(27-22)15-23-19-7-9-20(10-8-19)26-13-11-17(2)12-14-26/h3-10,17,23H,11-15H2,1-2H3. The van der Waals surface area contributed by atoms with Gasteiger partial charge in [0.1, 0.15) is 0 Å². The van der Waals surface area contributed by atoms with Crippen molar-refractivity contribution >= 4 is 11.4 Å². The Kier molecular flexibility index (Phi) is 5.10. The molecule has 2 heterocycles. The van der Waals surface area contributed by atoms with Gasteiger partial charge < -0.3 is 14.6 Å². The average molecular weight is 362 g/mol. The molecule has 5 nitrogen and oxygen atoms in total. The molecule has 3 aromatic rings. The van der Waals surface area contributed by atoms with E-state index in [1.54, 1.807) is 0 Å². The molecule has 1 N–H and O–H groups in total. The van der Waals surface area contributed by atoms with Gasteiger partial charge in [-0.15, -0.1) is 10.2 Å². The monoisotopic (exact) mass is 362 g/mol. The van der Waals surface area contributed by atoms with Gasteiger partial charge in [-0.1, -0.05) is 24.6 Å². The Bertz CT molecular complexity index is 862. The van der Waals surface area contributed by atoms with Crippen LogP contribution in [0.15, 0.2) is 52.9 Å². The molecule has 0 bridgehead atoms. The average Bonchev–Trinajstić information content (AvgIpc) is 3.17. The molecule has 0 unspecified atom stereocenters.